The van der Waals surface area contributed by atoms with Gasteiger partial charge in [-0.1, -0.05) is 25.5 Å². The minimum absolute atomic E-state index is 0.0329. The van der Waals surface area contributed by atoms with Gasteiger partial charge in [-0.3, -0.25) is 10.2 Å². The minimum Gasteiger partial charge on any atom is -0.376 e. The molecule has 0 aromatic carbocycles. The fraction of sp³-hybridized carbons (Fsp3) is 0.824. The van der Waals surface area contributed by atoms with Gasteiger partial charge in [-0.25, -0.2) is 0 Å². The highest BCUT2D eigenvalue weighted by molar-refractivity contribution is 5.88. The Morgan fingerprint density at radius 1 is 1.43 bits per heavy atom. The first-order valence-electron chi connectivity index (χ1n) is 8.45. The second-order valence-electron chi connectivity index (χ2n) is 6.60. The Kier molecular flexibility index (Phi) is 8.36. The first-order valence-corrected chi connectivity index (χ1v) is 8.45. The van der Waals surface area contributed by atoms with Gasteiger partial charge in [0, 0.05) is 19.4 Å². The summed E-state index contributed by atoms with van der Waals surface area (Å²) in [7, 11) is 1.40. The number of methoxy groups -OCH3 is 1. The first-order chi connectivity index (χ1) is 10.8. The molecule has 0 saturated carbocycles. The molecule has 5 unspecified atom stereocenters. The molecule has 1 heterocycles. The molecular formula is C17H33N3O3. The molecule has 6 heteroatoms. The Balaban J connectivity index is 2.90. The fourth-order valence-corrected chi connectivity index (χ4v) is 3.01. The van der Waals surface area contributed by atoms with Crippen LogP contribution in [0.5, 0.6) is 0 Å². The summed E-state index contributed by atoms with van der Waals surface area (Å²) in [4.78, 5) is 1.97. The van der Waals surface area contributed by atoms with Crippen LogP contribution in [0.25, 0.3) is 0 Å². The zero-order valence-corrected chi connectivity index (χ0v) is 15.0. The molecule has 0 aliphatic carbocycles. The molecule has 6 nitrogen and oxygen atoms in total. The third-order valence-electron chi connectivity index (χ3n) is 4.53. The van der Waals surface area contributed by atoms with E-state index in [9.17, 15) is 10.2 Å². The maximum Gasteiger partial charge on any atom is 0.213 e. The van der Waals surface area contributed by atoms with Gasteiger partial charge in [-0.05, 0) is 39.0 Å². The van der Waals surface area contributed by atoms with Crippen molar-refractivity contribution in [2.24, 2.45) is 5.92 Å². The average molecular weight is 327 g/mol. The topological polar surface area (TPSA) is 88.8 Å². The number of likely N-dealkylation sites (tertiary alicyclic amines) is 1. The smallest absolute Gasteiger partial charge is 0.213 e. The minimum atomic E-state index is -1.14. The summed E-state index contributed by atoms with van der Waals surface area (Å²) >= 11 is 0. The third kappa shape index (κ3) is 5.65. The van der Waals surface area contributed by atoms with Crippen LogP contribution < -0.4 is 5.32 Å². The van der Waals surface area contributed by atoms with Crippen molar-refractivity contribution in [3.8, 4) is 0 Å². The molecule has 23 heavy (non-hydrogen) atoms. The van der Waals surface area contributed by atoms with E-state index in [1.54, 1.807) is 0 Å². The van der Waals surface area contributed by atoms with Gasteiger partial charge in [0.15, 0.2) is 0 Å². The summed E-state index contributed by atoms with van der Waals surface area (Å²) in [5.41, 5.74) is 1.73. The summed E-state index contributed by atoms with van der Waals surface area (Å²) in [6.07, 6.45) is 2.72. The lowest BCUT2D eigenvalue weighted by atomic mass is 9.94. The van der Waals surface area contributed by atoms with E-state index >= 15 is 0 Å². The van der Waals surface area contributed by atoms with Crippen LogP contribution in [0.1, 0.15) is 47.0 Å². The number of hydrogen-bond acceptors (Lipinski definition) is 6. The summed E-state index contributed by atoms with van der Waals surface area (Å²) < 4.78 is 4.85. The van der Waals surface area contributed by atoms with Crippen molar-refractivity contribution in [2.75, 3.05) is 13.7 Å². The van der Waals surface area contributed by atoms with Crippen molar-refractivity contribution in [2.45, 2.75) is 71.7 Å². The van der Waals surface area contributed by atoms with Crippen molar-refractivity contribution in [3.63, 3.8) is 0 Å². The van der Waals surface area contributed by atoms with Crippen molar-refractivity contribution in [3.05, 3.63) is 11.6 Å². The number of aliphatic hydroxyl groups excluding tert-OH is 2. The number of nitrogens with one attached hydrogen (secondary N) is 2. The van der Waals surface area contributed by atoms with E-state index in [2.05, 4.69) is 19.2 Å². The lowest BCUT2D eigenvalue weighted by Gasteiger charge is -2.36. The van der Waals surface area contributed by atoms with E-state index in [1.807, 2.05) is 24.8 Å². The molecule has 0 amide bonds. The molecule has 0 radical (unpaired) electrons. The predicted molar refractivity (Wildman–Crippen MR) is 92.3 cm³/mol. The Morgan fingerprint density at radius 2 is 2.09 bits per heavy atom. The van der Waals surface area contributed by atoms with Gasteiger partial charge in [-0.15, -0.1) is 0 Å². The number of allylic oxidation sites excluding steroid dienone is 1. The van der Waals surface area contributed by atoms with Crippen LogP contribution in [0, 0.1) is 11.3 Å². The molecule has 0 spiro atoms. The third-order valence-corrected chi connectivity index (χ3v) is 4.53. The van der Waals surface area contributed by atoms with Crippen molar-refractivity contribution < 1.29 is 14.9 Å². The van der Waals surface area contributed by atoms with E-state index in [-0.39, 0.29) is 12.0 Å². The van der Waals surface area contributed by atoms with Crippen LogP contribution >= 0.6 is 0 Å². The molecule has 0 bridgehead atoms. The van der Waals surface area contributed by atoms with Crippen LogP contribution in [0.3, 0.4) is 0 Å². The molecule has 1 saturated heterocycles. The maximum atomic E-state index is 10.8. The van der Waals surface area contributed by atoms with Crippen LogP contribution in [-0.4, -0.2) is 59.2 Å². The number of ether oxygens (including phenoxy) is 1. The Hall–Kier alpha value is -0.790. The number of rotatable bonds is 9. The van der Waals surface area contributed by atoms with E-state index in [1.165, 1.54) is 7.11 Å². The fourth-order valence-electron chi connectivity index (χ4n) is 3.01. The van der Waals surface area contributed by atoms with Gasteiger partial charge in [0.1, 0.15) is 6.23 Å². The SMILES string of the molecule is CCC(C)C(=N)C1CCCN1C(O)C(C=C(C)C)NC(O)OC. The monoisotopic (exact) mass is 327 g/mol. The number of hydrogen-bond donors (Lipinski definition) is 4. The second kappa shape index (κ2) is 9.49. The first kappa shape index (κ1) is 20.3. The number of aliphatic hydroxyl groups is 2. The second-order valence-corrected chi connectivity index (χ2v) is 6.60. The highest BCUT2D eigenvalue weighted by Gasteiger charge is 2.37. The van der Waals surface area contributed by atoms with Crippen LogP contribution in [0.2, 0.25) is 0 Å². The highest BCUT2D eigenvalue weighted by atomic mass is 16.6. The average Bonchev–Trinajstić information content (AvgIpc) is 3.00. The molecule has 0 aromatic heterocycles. The van der Waals surface area contributed by atoms with Gasteiger partial charge in [-0.2, -0.15) is 0 Å². The molecule has 0 aromatic rings. The molecule has 5 atom stereocenters. The summed E-state index contributed by atoms with van der Waals surface area (Å²) in [5, 5.41) is 31.8. The van der Waals surface area contributed by atoms with E-state index in [4.69, 9.17) is 10.1 Å². The lowest BCUT2D eigenvalue weighted by Crippen LogP contribution is -2.55. The normalized spacial score (nSPS) is 24.0. The van der Waals surface area contributed by atoms with Crippen LogP contribution in [0.4, 0.5) is 0 Å². The zero-order valence-electron chi connectivity index (χ0n) is 15.0. The summed E-state index contributed by atoms with van der Waals surface area (Å²) in [6.45, 7) is 8.79. The standard InChI is InChI=1S/C17H33N3O3/c1-6-12(4)15(18)14-8-7-9-20(14)16(21)13(10-11(2)3)19-17(22)23-5/h10,12-14,16-19,21-22H,6-9H2,1-5H3. The molecule has 1 rings (SSSR count). The van der Waals surface area contributed by atoms with E-state index < -0.39 is 18.7 Å². The zero-order chi connectivity index (χ0) is 17.6. The quantitative estimate of drug-likeness (QED) is 0.294. The van der Waals surface area contributed by atoms with E-state index in [0.717, 1.165) is 31.4 Å². The largest absolute Gasteiger partial charge is 0.376 e. The Morgan fingerprint density at radius 3 is 2.61 bits per heavy atom. The predicted octanol–water partition coefficient (Wildman–Crippen LogP) is 1.68. The van der Waals surface area contributed by atoms with Gasteiger partial charge in [0.05, 0.1) is 12.1 Å². The highest BCUT2D eigenvalue weighted by Crippen LogP contribution is 2.25. The van der Waals surface area contributed by atoms with E-state index in [0.29, 0.717) is 5.71 Å². The lowest BCUT2D eigenvalue weighted by molar-refractivity contribution is -0.118. The Labute approximate surface area is 140 Å². The van der Waals surface area contributed by atoms with Crippen molar-refractivity contribution >= 4 is 5.71 Å². The van der Waals surface area contributed by atoms with Crippen LogP contribution in [0.15, 0.2) is 11.6 Å². The molecule has 4 N–H and O–H groups in total. The Bertz CT molecular complexity index is 410. The molecular weight excluding hydrogens is 294 g/mol. The summed E-state index contributed by atoms with van der Waals surface area (Å²) in [6, 6.07) is -0.491. The molecule has 1 aliphatic rings. The van der Waals surface area contributed by atoms with Crippen molar-refractivity contribution in [1.29, 1.82) is 5.41 Å². The summed E-state index contributed by atoms with van der Waals surface area (Å²) in [5.74, 6) is 0.215. The number of nitrogens with zero attached hydrogens (tertiary/aromatic N) is 1. The van der Waals surface area contributed by atoms with Gasteiger partial charge >= 0.3 is 0 Å². The van der Waals surface area contributed by atoms with Gasteiger partial charge in [0.2, 0.25) is 6.41 Å². The molecule has 1 aliphatic heterocycles. The maximum absolute atomic E-state index is 10.8. The molecule has 134 valence electrons. The van der Waals surface area contributed by atoms with Crippen LogP contribution in [-0.2, 0) is 4.74 Å². The van der Waals surface area contributed by atoms with Crippen molar-refractivity contribution in [1.82, 2.24) is 10.2 Å². The molecule has 1 fully saturated rings. The van der Waals surface area contributed by atoms with Gasteiger partial charge in [0.25, 0.3) is 0 Å². The van der Waals surface area contributed by atoms with Gasteiger partial charge < -0.3 is 20.4 Å².